The Hall–Kier alpha value is -3.81. The first-order valence-electron chi connectivity index (χ1n) is 11.6. The maximum Gasteiger partial charge on any atom is 0.278 e. The van der Waals surface area contributed by atoms with E-state index in [0.29, 0.717) is 22.0 Å². The molecule has 0 saturated carbocycles. The van der Waals surface area contributed by atoms with Gasteiger partial charge in [-0.2, -0.15) is 0 Å². The molecule has 3 aromatic carbocycles. The molecule has 0 aromatic heterocycles. The van der Waals surface area contributed by atoms with Gasteiger partial charge in [0.25, 0.3) is 17.7 Å². The minimum Gasteiger partial charge on any atom is -0.489 e. The minimum atomic E-state index is -0.558. The molecule has 2 N–H and O–H groups in total. The Kier molecular flexibility index (Phi) is 8.16. The summed E-state index contributed by atoms with van der Waals surface area (Å²) in [5, 5.41) is 6.25. The second-order valence-electron chi connectivity index (χ2n) is 8.68. The van der Waals surface area contributed by atoms with Crippen molar-refractivity contribution in [2.24, 2.45) is 0 Å². The SMILES string of the molecule is CC(C)Oc1ccccc1NC(=O)c1ccc(CNC2=C(Cl)C(=O)N(Cc3ccc(Cl)cc3)C2=O)cc1. The minimum absolute atomic E-state index is 0.0278. The van der Waals surface area contributed by atoms with E-state index in [1.54, 1.807) is 60.7 Å². The molecular formula is C28H25Cl2N3O4. The monoisotopic (exact) mass is 537 g/mol. The van der Waals surface area contributed by atoms with Gasteiger partial charge in [0.1, 0.15) is 16.5 Å². The number of hydrogen-bond acceptors (Lipinski definition) is 5. The fourth-order valence-electron chi connectivity index (χ4n) is 3.70. The molecule has 0 saturated heterocycles. The largest absolute Gasteiger partial charge is 0.489 e. The first-order valence-corrected chi connectivity index (χ1v) is 12.4. The van der Waals surface area contributed by atoms with Gasteiger partial charge in [0.2, 0.25) is 0 Å². The van der Waals surface area contributed by atoms with E-state index in [1.807, 2.05) is 26.0 Å². The molecule has 1 heterocycles. The van der Waals surface area contributed by atoms with Crippen LogP contribution in [0.25, 0.3) is 0 Å². The van der Waals surface area contributed by atoms with Gasteiger partial charge in [-0.3, -0.25) is 19.3 Å². The number of halogens is 2. The Bertz CT molecular complexity index is 1350. The summed E-state index contributed by atoms with van der Waals surface area (Å²) in [5.41, 5.74) is 2.64. The number of imide groups is 1. The van der Waals surface area contributed by atoms with Crippen molar-refractivity contribution in [3.05, 3.63) is 105 Å². The Morgan fingerprint density at radius 2 is 1.54 bits per heavy atom. The fourth-order valence-corrected chi connectivity index (χ4v) is 4.08. The van der Waals surface area contributed by atoms with Gasteiger partial charge < -0.3 is 15.4 Å². The molecule has 190 valence electrons. The first-order chi connectivity index (χ1) is 17.7. The summed E-state index contributed by atoms with van der Waals surface area (Å²) in [4.78, 5) is 39.2. The van der Waals surface area contributed by atoms with Gasteiger partial charge in [0.15, 0.2) is 0 Å². The lowest BCUT2D eigenvalue weighted by Crippen LogP contribution is -2.33. The van der Waals surface area contributed by atoms with Crippen LogP contribution in [0.3, 0.4) is 0 Å². The summed E-state index contributed by atoms with van der Waals surface area (Å²) < 4.78 is 5.75. The van der Waals surface area contributed by atoms with Crippen molar-refractivity contribution >= 4 is 46.6 Å². The third-order valence-electron chi connectivity index (χ3n) is 5.55. The average Bonchev–Trinajstić information content (AvgIpc) is 3.08. The van der Waals surface area contributed by atoms with Gasteiger partial charge in [-0.25, -0.2) is 0 Å². The lowest BCUT2D eigenvalue weighted by Gasteiger charge is -2.15. The van der Waals surface area contributed by atoms with Crippen LogP contribution in [0.5, 0.6) is 5.75 Å². The molecule has 37 heavy (non-hydrogen) atoms. The number of hydrogen-bond donors (Lipinski definition) is 2. The molecule has 0 spiro atoms. The van der Waals surface area contributed by atoms with Gasteiger partial charge in [-0.15, -0.1) is 0 Å². The molecule has 0 bridgehead atoms. The molecule has 0 aliphatic carbocycles. The van der Waals surface area contributed by atoms with E-state index < -0.39 is 11.8 Å². The third-order valence-corrected chi connectivity index (χ3v) is 6.15. The summed E-state index contributed by atoms with van der Waals surface area (Å²) in [7, 11) is 0. The normalized spacial score (nSPS) is 13.4. The number of amides is 3. The molecule has 0 atom stereocenters. The van der Waals surface area contributed by atoms with E-state index in [1.165, 1.54) is 0 Å². The van der Waals surface area contributed by atoms with E-state index in [9.17, 15) is 14.4 Å². The zero-order valence-electron chi connectivity index (χ0n) is 20.3. The second kappa shape index (κ2) is 11.5. The molecule has 1 aliphatic heterocycles. The average molecular weight is 538 g/mol. The fraction of sp³-hybridized carbons (Fsp3) is 0.179. The first kappa shape index (κ1) is 26.3. The Morgan fingerprint density at radius 3 is 2.22 bits per heavy atom. The van der Waals surface area contributed by atoms with Crippen LogP contribution in [0.2, 0.25) is 5.02 Å². The quantitative estimate of drug-likeness (QED) is 0.352. The second-order valence-corrected chi connectivity index (χ2v) is 9.49. The Balaban J connectivity index is 1.37. The molecule has 3 amide bonds. The van der Waals surface area contributed by atoms with Crippen LogP contribution in [0.1, 0.15) is 35.3 Å². The van der Waals surface area contributed by atoms with E-state index in [-0.39, 0.29) is 35.8 Å². The van der Waals surface area contributed by atoms with Crippen molar-refractivity contribution in [3.63, 3.8) is 0 Å². The van der Waals surface area contributed by atoms with Crippen LogP contribution in [-0.4, -0.2) is 28.7 Å². The van der Waals surface area contributed by atoms with Gasteiger partial charge in [-0.05, 0) is 61.4 Å². The summed E-state index contributed by atoms with van der Waals surface area (Å²) in [6.07, 6.45) is -0.0278. The van der Waals surface area contributed by atoms with Gasteiger partial charge >= 0.3 is 0 Å². The molecular weight excluding hydrogens is 513 g/mol. The van der Waals surface area contributed by atoms with E-state index >= 15 is 0 Å². The number of rotatable bonds is 9. The maximum atomic E-state index is 12.8. The van der Waals surface area contributed by atoms with Crippen LogP contribution in [0.15, 0.2) is 83.5 Å². The van der Waals surface area contributed by atoms with Gasteiger partial charge in [0.05, 0.1) is 18.3 Å². The third kappa shape index (κ3) is 6.31. The lowest BCUT2D eigenvalue weighted by molar-refractivity contribution is -0.138. The predicted molar refractivity (Wildman–Crippen MR) is 143 cm³/mol. The molecule has 9 heteroatoms. The van der Waals surface area contributed by atoms with Crippen molar-refractivity contribution in [3.8, 4) is 5.75 Å². The highest BCUT2D eigenvalue weighted by molar-refractivity contribution is 6.47. The zero-order chi connectivity index (χ0) is 26.5. The van der Waals surface area contributed by atoms with Crippen molar-refractivity contribution in [1.82, 2.24) is 10.2 Å². The Labute approximate surface area is 225 Å². The van der Waals surface area contributed by atoms with Crippen LogP contribution < -0.4 is 15.4 Å². The highest BCUT2D eigenvalue weighted by Gasteiger charge is 2.37. The molecule has 0 fully saturated rings. The highest BCUT2D eigenvalue weighted by Crippen LogP contribution is 2.26. The van der Waals surface area contributed by atoms with E-state index in [4.69, 9.17) is 27.9 Å². The highest BCUT2D eigenvalue weighted by atomic mass is 35.5. The maximum absolute atomic E-state index is 12.8. The number of carbonyl (C=O) groups is 3. The van der Waals surface area contributed by atoms with Crippen molar-refractivity contribution in [2.45, 2.75) is 33.0 Å². The van der Waals surface area contributed by atoms with Crippen LogP contribution in [0.4, 0.5) is 5.69 Å². The molecule has 0 radical (unpaired) electrons. The molecule has 0 unspecified atom stereocenters. The van der Waals surface area contributed by atoms with Gasteiger partial charge in [0, 0.05) is 17.1 Å². The number of benzene rings is 3. The van der Waals surface area contributed by atoms with E-state index in [0.717, 1.165) is 16.0 Å². The smallest absolute Gasteiger partial charge is 0.278 e. The summed E-state index contributed by atoms with van der Waals surface area (Å²) in [5.74, 6) is -0.738. The Morgan fingerprint density at radius 1 is 0.892 bits per heavy atom. The summed E-state index contributed by atoms with van der Waals surface area (Å²) in [6, 6.07) is 21.0. The predicted octanol–water partition coefficient (Wildman–Crippen LogP) is 5.49. The number of nitrogens with one attached hydrogen (secondary N) is 2. The van der Waals surface area contributed by atoms with Gasteiger partial charge in [-0.1, -0.05) is 59.6 Å². The number of nitrogens with zero attached hydrogens (tertiary/aromatic N) is 1. The summed E-state index contributed by atoms with van der Waals surface area (Å²) >= 11 is 12.1. The number of carbonyl (C=O) groups excluding carboxylic acids is 3. The van der Waals surface area contributed by atoms with Crippen molar-refractivity contribution < 1.29 is 19.1 Å². The zero-order valence-corrected chi connectivity index (χ0v) is 21.8. The number of para-hydroxylation sites is 2. The number of ether oxygens (including phenoxy) is 1. The summed E-state index contributed by atoms with van der Waals surface area (Å²) in [6.45, 7) is 4.17. The number of anilines is 1. The van der Waals surface area contributed by atoms with Crippen molar-refractivity contribution in [1.29, 1.82) is 0 Å². The van der Waals surface area contributed by atoms with E-state index in [2.05, 4.69) is 10.6 Å². The van der Waals surface area contributed by atoms with Crippen LogP contribution in [-0.2, 0) is 22.7 Å². The van der Waals surface area contributed by atoms with Crippen molar-refractivity contribution in [2.75, 3.05) is 5.32 Å². The molecule has 4 rings (SSSR count). The lowest BCUT2D eigenvalue weighted by atomic mass is 10.1. The van der Waals surface area contributed by atoms with Crippen LogP contribution in [0, 0.1) is 0 Å². The molecule has 3 aromatic rings. The molecule has 1 aliphatic rings. The molecule has 7 nitrogen and oxygen atoms in total. The topological polar surface area (TPSA) is 87.7 Å². The standard InChI is InChI=1S/C28H25Cl2N3O4/c1-17(2)37-23-6-4-3-5-22(23)32-26(34)20-11-7-18(8-12-20)15-31-25-24(30)27(35)33(28(25)36)16-19-9-13-21(29)14-10-19/h3-14,17,31H,15-16H2,1-2H3,(H,32,34). The van der Waals surface area contributed by atoms with Crippen LogP contribution >= 0.6 is 23.2 Å².